The largest absolute Gasteiger partial charge is 0.461 e. The number of hydrogen-bond donors (Lipinski definition) is 1. The van der Waals surface area contributed by atoms with Crippen molar-refractivity contribution in [1.29, 1.82) is 0 Å². The topological polar surface area (TPSA) is 76.5 Å². The maximum Gasteiger partial charge on any atom is 0.246 e. The first-order valence-electron chi connectivity index (χ1n) is 8.33. The predicted octanol–water partition coefficient (Wildman–Crippen LogP) is 2.53. The summed E-state index contributed by atoms with van der Waals surface area (Å²) in [6.45, 7) is 4.62. The van der Waals surface area contributed by atoms with E-state index in [0.717, 1.165) is 18.6 Å². The maximum absolute atomic E-state index is 12.4. The molecule has 0 radical (unpaired) electrons. The number of carbonyl (C=O) groups is 2. The molecule has 0 unspecified atom stereocenters. The molecule has 3 rings (SSSR count). The van der Waals surface area contributed by atoms with Crippen LogP contribution < -0.4 is 5.73 Å². The quantitative estimate of drug-likeness (QED) is 0.867. The van der Waals surface area contributed by atoms with Gasteiger partial charge >= 0.3 is 0 Å². The Morgan fingerprint density at radius 3 is 2.70 bits per heavy atom. The number of hydrogen-bond acceptors (Lipinski definition) is 3. The molecule has 2 N–H and O–H groups in total. The Kier molecular flexibility index (Phi) is 4.28. The summed E-state index contributed by atoms with van der Waals surface area (Å²) < 4.78 is 5.77. The lowest BCUT2D eigenvalue weighted by Gasteiger charge is -2.36. The molecule has 2 fully saturated rings. The Bertz CT molecular complexity index is 634. The number of rotatable bonds is 4. The highest BCUT2D eigenvalue weighted by atomic mass is 16.3. The SMILES string of the molecule is C[C@@H]1C[C@@H]1c1ccc(/C=C\C(=O)N2C[C@H](C(N)=O)CC[C@@H]2C)o1. The number of primary amides is 1. The molecule has 5 heteroatoms. The highest BCUT2D eigenvalue weighted by molar-refractivity contribution is 5.92. The molecule has 0 bridgehead atoms. The third-order valence-electron chi connectivity index (χ3n) is 5.08. The number of nitrogens with two attached hydrogens (primary N) is 1. The van der Waals surface area contributed by atoms with Crippen LogP contribution in [0.1, 0.15) is 50.5 Å². The minimum Gasteiger partial charge on any atom is -0.461 e. The van der Waals surface area contributed by atoms with Gasteiger partial charge in [0.05, 0.1) is 5.92 Å². The summed E-state index contributed by atoms with van der Waals surface area (Å²) in [6.07, 6.45) is 5.97. The summed E-state index contributed by atoms with van der Waals surface area (Å²) >= 11 is 0. The molecule has 1 aliphatic carbocycles. The van der Waals surface area contributed by atoms with Gasteiger partial charge in [0, 0.05) is 24.6 Å². The lowest BCUT2D eigenvalue weighted by molar-refractivity contribution is -0.133. The summed E-state index contributed by atoms with van der Waals surface area (Å²) in [5.74, 6) is 2.27. The monoisotopic (exact) mass is 316 g/mol. The minimum atomic E-state index is -0.326. The van der Waals surface area contributed by atoms with Crippen LogP contribution in [0.2, 0.25) is 0 Å². The number of likely N-dealkylation sites (tertiary alicyclic amines) is 1. The normalized spacial score (nSPS) is 30.6. The molecular weight excluding hydrogens is 292 g/mol. The van der Waals surface area contributed by atoms with Gasteiger partial charge in [0.2, 0.25) is 11.8 Å². The second kappa shape index (κ2) is 6.22. The highest BCUT2D eigenvalue weighted by Gasteiger charge is 2.36. The van der Waals surface area contributed by atoms with E-state index in [4.69, 9.17) is 10.2 Å². The van der Waals surface area contributed by atoms with Gasteiger partial charge in [-0.15, -0.1) is 0 Å². The lowest BCUT2D eigenvalue weighted by atomic mass is 9.93. The molecule has 1 aliphatic heterocycles. The fraction of sp³-hybridized carbons (Fsp3) is 0.556. The van der Waals surface area contributed by atoms with Crippen molar-refractivity contribution in [3.63, 3.8) is 0 Å². The number of furan rings is 1. The molecule has 5 nitrogen and oxygen atoms in total. The first kappa shape index (κ1) is 15.8. The van der Waals surface area contributed by atoms with Gasteiger partial charge in [0.1, 0.15) is 11.5 Å². The third-order valence-corrected chi connectivity index (χ3v) is 5.08. The zero-order valence-corrected chi connectivity index (χ0v) is 13.7. The Morgan fingerprint density at radius 1 is 1.30 bits per heavy atom. The molecule has 1 aromatic heterocycles. The maximum atomic E-state index is 12.4. The van der Waals surface area contributed by atoms with Gasteiger partial charge in [-0.3, -0.25) is 9.59 Å². The molecule has 0 aromatic carbocycles. The van der Waals surface area contributed by atoms with Crippen LogP contribution in [0, 0.1) is 11.8 Å². The summed E-state index contributed by atoms with van der Waals surface area (Å²) in [4.78, 5) is 25.5. The first-order valence-corrected chi connectivity index (χ1v) is 8.33. The van der Waals surface area contributed by atoms with E-state index in [0.29, 0.717) is 24.1 Å². The smallest absolute Gasteiger partial charge is 0.246 e. The van der Waals surface area contributed by atoms with E-state index in [9.17, 15) is 9.59 Å². The van der Waals surface area contributed by atoms with Crippen molar-refractivity contribution in [3.05, 3.63) is 29.7 Å². The van der Waals surface area contributed by atoms with Gasteiger partial charge in [-0.05, 0) is 50.3 Å². The predicted molar refractivity (Wildman–Crippen MR) is 87.4 cm³/mol. The van der Waals surface area contributed by atoms with E-state index >= 15 is 0 Å². The van der Waals surface area contributed by atoms with Gasteiger partial charge in [-0.25, -0.2) is 0 Å². The minimum absolute atomic E-state index is 0.0961. The van der Waals surface area contributed by atoms with Crippen LogP contribution >= 0.6 is 0 Å². The zero-order chi connectivity index (χ0) is 16.6. The molecule has 2 amide bonds. The van der Waals surface area contributed by atoms with Gasteiger partial charge in [0.25, 0.3) is 0 Å². The Morgan fingerprint density at radius 2 is 2.04 bits per heavy atom. The number of nitrogens with zero attached hydrogens (tertiary/aromatic N) is 1. The second-order valence-electron chi connectivity index (χ2n) is 6.91. The summed E-state index contributed by atoms with van der Waals surface area (Å²) in [5.41, 5.74) is 5.38. The van der Waals surface area contributed by atoms with E-state index in [1.54, 1.807) is 11.0 Å². The molecule has 1 saturated heterocycles. The Balaban J connectivity index is 1.63. The molecule has 2 heterocycles. The lowest BCUT2D eigenvalue weighted by Crippen LogP contribution is -2.48. The van der Waals surface area contributed by atoms with Gasteiger partial charge < -0.3 is 15.1 Å². The number of amides is 2. The van der Waals surface area contributed by atoms with Crippen LogP contribution in [0.25, 0.3) is 6.08 Å². The Hall–Kier alpha value is -2.04. The van der Waals surface area contributed by atoms with Crippen LogP contribution in [0.3, 0.4) is 0 Å². The molecule has 1 aromatic rings. The van der Waals surface area contributed by atoms with Crippen molar-refractivity contribution in [1.82, 2.24) is 4.90 Å². The number of carbonyl (C=O) groups excluding carboxylic acids is 2. The second-order valence-corrected chi connectivity index (χ2v) is 6.91. The van der Waals surface area contributed by atoms with E-state index in [2.05, 4.69) is 6.92 Å². The average molecular weight is 316 g/mol. The summed E-state index contributed by atoms with van der Waals surface area (Å²) in [6, 6.07) is 4.02. The average Bonchev–Trinajstić information content (AvgIpc) is 3.07. The van der Waals surface area contributed by atoms with Crippen LogP contribution in [0.15, 0.2) is 22.6 Å². The molecule has 2 aliphatic rings. The van der Waals surface area contributed by atoms with Crippen molar-refractivity contribution in [2.45, 2.75) is 45.1 Å². The van der Waals surface area contributed by atoms with Gasteiger partial charge in [0.15, 0.2) is 0 Å². The van der Waals surface area contributed by atoms with Crippen molar-refractivity contribution < 1.29 is 14.0 Å². The van der Waals surface area contributed by atoms with Crippen LogP contribution in [-0.4, -0.2) is 29.3 Å². The van der Waals surface area contributed by atoms with Crippen LogP contribution in [0.4, 0.5) is 0 Å². The van der Waals surface area contributed by atoms with E-state index < -0.39 is 0 Å². The molecule has 0 spiro atoms. The van der Waals surface area contributed by atoms with Gasteiger partial charge in [-0.1, -0.05) is 6.92 Å². The third kappa shape index (κ3) is 3.49. The van der Waals surface area contributed by atoms with E-state index in [1.807, 2.05) is 19.1 Å². The fourth-order valence-corrected chi connectivity index (χ4v) is 3.27. The first-order chi connectivity index (χ1) is 11.0. The molecular formula is C18H24N2O3. The molecule has 4 atom stereocenters. The molecule has 23 heavy (non-hydrogen) atoms. The number of piperidine rings is 1. The fourth-order valence-electron chi connectivity index (χ4n) is 3.27. The standard InChI is InChI=1S/C18H24N2O3/c1-11-9-15(11)16-7-5-14(23-16)6-8-17(21)20-10-13(18(19)22)4-3-12(20)2/h5-8,11-13,15H,3-4,9-10H2,1-2H3,(H2,19,22)/b8-6-/t11-,12+,13-,15+/m1/s1. The van der Waals surface area contributed by atoms with Gasteiger partial charge in [-0.2, -0.15) is 0 Å². The zero-order valence-electron chi connectivity index (χ0n) is 13.7. The highest BCUT2D eigenvalue weighted by Crippen LogP contribution is 2.47. The van der Waals surface area contributed by atoms with Crippen LogP contribution in [-0.2, 0) is 9.59 Å². The summed E-state index contributed by atoms with van der Waals surface area (Å²) in [5, 5.41) is 0. The molecule has 124 valence electrons. The Labute approximate surface area is 136 Å². The van der Waals surface area contributed by atoms with Crippen LogP contribution in [0.5, 0.6) is 0 Å². The van der Waals surface area contributed by atoms with Crippen molar-refractivity contribution in [2.24, 2.45) is 17.6 Å². The van der Waals surface area contributed by atoms with E-state index in [1.165, 1.54) is 12.5 Å². The van der Waals surface area contributed by atoms with E-state index in [-0.39, 0.29) is 23.8 Å². The molecule has 1 saturated carbocycles. The van der Waals surface area contributed by atoms with Crippen molar-refractivity contribution in [3.8, 4) is 0 Å². The van der Waals surface area contributed by atoms with Crippen molar-refractivity contribution in [2.75, 3.05) is 6.54 Å². The summed E-state index contributed by atoms with van der Waals surface area (Å²) in [7, 11) is 0. The van der Waals surface area contributed by atoms with Crippen molar-refractivity contribution >= 4 is 17.9 Å².